The second-order valence-electron chi connectivity index (χ2n) is 6.04. The maximum atomic E-state index is 9.88. The summed E-state index contributed by atoms with van der Waals surface area (Å²) in [5.74, 6) is 0.658. The van der Waals surface area contributed by atoms with Crippen LogP contribution in [0.15, 0.2) is 22.7 Å². The third-order valence-corrected chi connectivity index (χ3v) is 4.15. The molecular formula is C16H25BrN2O. The number of aliphatic hydroxyl groups is 1. The maximum Gasteiger partial charge on any atom is 0.0715 e. The van der Waals surface area contributed by atoms with Crippen LogP contribution in [0.25, 0.3) is 0 Å². The lowest BCUT2D eigenvalue weighted by Gasteiger charge is -2.33. The molecule has 1 aromatic carbocycles. The second-order valence-corrected chi connectivity index (χ2v) is 6.96. The number of β-amino-alcohol motifs (C(OH)–C–C–N with tert-alkyl or cyclic N) is 1. The summed E-state index contributed by atoms with van der Waals surface area (Å²) in [6.07, 6.45) is 1.79. The van der Waals surface area contributed by atoms with Gasteiger partial charge >= 0.3 is 0 Å². The molecule has 0 spiro atoms. The monoisotopic (exact) mass is 340 g/mol. The van der Waals surface area contributed by atoms with Crippen LogP contribution in [0.4, 0.5) is 5.69 Å². The summed E-state index contributed by atoms with van der Waals surface area (Å²) < 4.78 is 1.10. The summed E-state index contributed by atoms with van der Waals surface area (Å²) in [4.78, 5) is 2.31. The van der Waals surface area contributed by atoms with Crippen molar-refractivity contribution >= 4 is 21.6 Å². The SMILES string of the molecule is CC(C)CNCc1ccc(Br)cc1N1CCCC(O)C1. The van der Waals surface area contributed by atoms with Crippen LogP contribution in [0.1, 0.15) is 32.3 Å². The Bertz CT molecular complexity index is 436. The highest BCUT2D eigenvalue weighted by Crippen LogP contribution is 2.28. The standard InChI is InChI=1S/C16H25BrN2O/c1-12(2)9-18-10-13-5-6-14(17)8-16(13)19-7-3-4-15(20)11-19/h5-6,8,12,15,18,20H,3-4,7,9-11H2,1-2H3. The molecular weight excluding hydrogens is 316 g/mol. The van der Waals surface area contributed by atoms with Crippen molar-refractivity contribution in [2.24, 2.45) is 5.92 Å². The normalized spacial score (nSPS) is 19.6. The van der Waals surface area contributed by atoms with Gasteiger partial charge in [-0.1, -0.05) is 35.8 Å². The first-order valence-electron chi connectivity index (χ1n) is 7.48. The van der Waals surface area contributed by atoms with Crippen LogP contribution < -0.4 is 10.2 Å². The van der Waals surface area contributed by atoms with E-state index in [0.29, 0.717) is 5.92 Å². The van der Waals surface area contributed by atoms with Crippen molar-refractivity contribution in [2.45, 2.75) is 39.3 Å². The number of anilines is 1. The number of halogens is 1. The molecule has 0 radical (unpaired) electrons. The van der Waals surface area contributed by atoms with E-state index >= 15 is 0 Å². The van der Waals surface area contributed by atoms with Crippen molar-refractivity contribution in [3.05, 3.63) is 28.2 Å². The van der Waals surface area contributed by atoms with E-state index < -0.39 is 0 Å². The lowest BCUT2D eigenvalue weighted by Crippen LogP contribution is -2.39. The number of benzene rings is 1. The lowest BCUT2D eigenvalue weighted by molar-refractivity contribution is 0.154. The summed E-state index contributed by atoms with van der Waals surface area (Å²) in [6, 6.07) is 6.44. The van der Waals surface area contributed by atoms with E-state index in [1.807, 2.05) is 0 Å². The fraction of sp³-hybridized carbons (Fsp3) is 0.625. The van der Waals surface area contributed by atoms with E-state index in [1.54, 1.807) is 0 Å². The van der Waals surface area contributed by atoms with Crippen molar-refractivity contribution in [1.82, 2.24) is 5.32 Å². The molecule has 1 aliphatic heterocycles. The van der Waals surface area contributed by atoms with Gasteiger partial charge in [0.1, 0.15) is 0 Å². The van der Waals surface area contributed by atoms with Crippen LogP contribution in [0.5, 0.6) is 0 Å². The Kier molecular flexibility index (Phi) is 5.87. The zero-order valence-corrected chi connectivity index (χ0v) is 14.0. The second kappa shape index (κ2) is 7.43. The first kappa shape index (κ1) is 15.8. The van der Waals surface area contributed by atoms with Crippen molar-refractivity contribution in [3.63, 3.8) is 0 Å². The maximum absolute atomic E-state index is 9.88. The molecule has 20 heavy (non-hydrogen) atoms. The number of rotatable bonds is 5. The van der Waals surface area contributed by atoms with Crippen molar-refractivity contribution in [2.75, 3.05) is 24.5 Å². The number of nitrogens with zero attached hydrogens (tertiary/aromatic N) is 1. The van der Waals surface area contributed by atoms with E-state index in [4.69, 9.17) is 0 Å². The molecule has 0 aliphatic carbocycles. The highest BCUT2D eigenvalue weighted by Gasteiger charge is 2.20. The Labute approximate surface area is 130 Å². The van der Waals surface area contributed by atoms with E-state index in [0.717, 1.165) is 43.5 Å². The van der Waals surface area contributed by atoms with E-state index in [9.17, 15) is 5.11 Å². The summed E-state index contributed by atoms with van der Waals surface area (Å²) in [7, 11) is 0. The predicted octanol–water partition coefficient (Wildman–Crippen LogP) is 3.16. The van der Waals surface area contributed by atoms with Crippen molar-refractivity contribution in [3.8, 4) is 0 Å². The van der Waals surface area contributed by atoms with Gasteiger partial charge in [-0.25, -0.2) is 0 Å². The molecule has 4 heteroatoms. The quantitative estimate of drug-likeness (QED) is 0.864. The van der Waals surface area contributed by atoms with Crippen LogP contribution in [0, 0.1) is 5.92 Å². The number of hydrogen-bond donors (Lipinski definition) is 2. The first-order chi connectivity index (χ1) is 9.56. The Morgan fingerprint density at radius 2 is 2.25 bits per heavy atom. The molecule has 0 bridgehead atoms. The third-order valence-electron chi connectivity index (χ3n) is 3.65. The molecule has 2 rings (SSSR count). The number of piperidine rings is 1. The van der Waals surface area contributed by atoms with Gasteiger partial charge in [-0.05, 0) is 43.0 Å². The average Bonchev–Trinajstić information content (AvgIpc) is 2.40. The minimum atomic E-state index is -0.195. The number of nitrogens with one attached hydrogen (secondary N) is 1. The van der Waals surface area contributed by atoms with E-state index in [1.165, 1.54) is 11.3 Å². The smallest absolute Gasteiger partial charge is 0.0715 e. The number of aliphatic hydroxyl groups excluding tert-OH is 1. The molecule has 112 valence electrons. The summed E-state index contributed by atoms with van der Waals surface area (Å²) in [5.41, 5.74) is 2.55. The topological polar surface area (TPSA) is 35.5 Å². The molecule has 2 N–H and O–H groups in total. The molecule has 1 unspecified atom stereocenters. The summed E-state index contributed by atoms with van der Waals surface area (Å²) in [6.45, 7) is 8.12. The fourth-order valence-electron chi connectivity index (χ4n) is 2.65. The number of hydrogen-bond acceptors (Lipinski definition) is 3. The lowest BCUT2D eigenvalue weighted by atomic mass is 10.1. The average molecular weight is 341 g/mol. The van der Waals surface area contributed by atoms with Gasteiger partial charge in [-0.15, -0.1) is 0 Å². The van der Waals surface area contributed by atoms with Gasteiger partial charge in [0.2, 0.25) is 0 Å². The minimum Gasteiger partial charge on any atom is -0.391 e. The van der Waals surface area contributed by atoms with Gasteiger partial charge in [-0.2, -0.15) is 0 Å². The summed E-state index contributed by atoms with van der Waals surface area (Å²) >= 11 is 3.56. The predicted molar refractivity (Wildman–Crippen MR) is 88.1 cm³/mol. The van der Waals surface area contributed by atoms with Gasteiger partial charge in [0, 0.05) is 29.8 Å². The van der Waals surface area contributed by atoms with Crippen molar-refractivity contribution < 1.29 is 5.11 Å². The van der Waals surface area contributed by atoms with Gasteiger partial charge in [-0.3, -0.25) is 0 Å². The minimum absolute atomic E-state index is 0.195. The molecule has 1 heterocycles. The Hall–Kier alpha value is -0.580. The van der Waals surface area contributed by atoms with Gasteiger partial charge in [0.25, 0.3) is 0 Å². The Balaban J connectivity index is 2.10. The third kappa shape index (κ3) is 4.47. The first-order valence-corrected chi connectivity index (χ1v) is 8.27. The van der Waals surface area contributed by atoms with E-state index in [2.05, 4.69) is 58.2 Å². The molecule has 1 saturated heterocycles. The molecule has 1 fully saturated rings. The molecule has 3 nitrogen and oxygen atoms in total. The zero-order chi connectivity index (χ0) is 14.5. The van der Waals surface area contributed by atoms with Gasteiger partial charge < -0.3 is 15.3 Å². The van der Waals surface area contributed by atoms with Crippen LogP contribution >= 0.6 is 15.9 Å². The largest absolute Gasteiger partial charge is 0.391 e. The van der Waals surface area contributed by atoms with E-state index in [-0.39, 0.29) is 6.10 Å². The molecule has 1 aromatic rings. The summed E-state index contributed by atoms with van der Waals surface area (Å²) in [5, 5.41) is 13.4. The Morgan fingerprint density at radius 1 is 1.45 bits per heavy atom. The highest BCUT2D eigenvalue weighted by atomic mass is 79.9. The van der Waals surface area contributed by atoms with Crippen LogP contribution in [-0.4, -0.2) is 30.8 Å². The molecule has 0 saturated carbocycles. The highest BCUT2D eigenvalue weighted by molar-refractivity contribution is 9.10. The van der Waals surface area contributed by atoms with Crippen molar-refractivity contribution in [1.29, 1.82) is 0 Å². The van der Waals surface area contributed by atoms with Crippen LogP contribution in [0.3, 0.4) is 0 Å². The molecule has 1 atom stereocenters. The Morgan fingerprint density at radius 3 is 2.95 bits per heavy atom. The van der Waals surface area contributed by atoms with Crippen LogP contribution in [0.2, 0.25) is 0 Å². The molecule has 0 amide bonds. The van der Waals surface area contributed by atoms with Gasteiger partial charge in [0.15, 0.2) is 0 Å². The molecule has 1 aliphatic rings. The zero-order valence-electron chi connectivity index (χ0n) is 12.4. The fourth-order valence-corrected chi connectivity index (χ4v) is 3.00. The van der Waals surface area contributed by atoms with Gasteiger partial charge in [0.05, 0.1) is 6.10 Å². The van der Waals surface area contributed by atoms with Crippen LogP contribution in [-0.2, 0) is 6.54 Å². The molecule has 0 aromatic heterocycles.